The van der Waals surface area contributed by atoms with Gasteiger partial charge in [0.15, 0.2) is 0 Å². The average molecular weight is 240 g/mol. The van der Waals surface area contributed by atoms with Crippen molar-refractivity contribution in [2.75, 3.05) is 20.3 Å². The van der Waals surface area contributed by atoms with E-state index < -0.39 is 17.5 Å². The highest BCUT2D eigenvalue weighted by molar-refractivity contribution is 7.96. The van der Waals surface area contributed by atoms with Gasteiger partial charge in [-0.05, 0) is 0 Å². The summed E-state index contributed by atoms with van der Waals surface area (Å²) in [5, 5.41) is 24.3. The molecular weight excluding hydrogens is 224 g/mol. The van der Waals surface area contributed by atoms with E-state index in [1.807, 2.05) is 0 Å². The first-order chi connectivity index (χ1) is 7.13. The highest BCUT2D eigenvalue weighted by Gasteiger charge is 2.31. The molecule has 1 aliphatic heterocycles. The largest absolute Gasteiger partial charge is 0.451 e. The molecule has 1 saturated heterocycles. The summed E-state index contributed by atoms with van der Waals surface area (Å²) in [7, 11) is 1.00. The van der Waals surface area contributed by atoms with Crippen LogP contribution in [-0.2, 0) is 9.47 Å². The molecule has 0 aromatic carbocycles. The third-order valence-electron chi connectivity index (χ3n) is 1.88. The fourth-order valence-electron chi connectivity index (χ4n) is 1.21. The fourth-order valence-corrected chi connectivity index (χ4v) is 1.35. The van der Waals surface area contributed by atoms with Gasteiger partial charge in [-0.25, -0.2) is 4.79 Å². The lowest BCUT2D eigenvalue weighted by Crippen LogP contribution is -2.44. The Bertz CT molecular complexity index is 188. The third kappa shape index (κ3) is 5.33. The Morgan fingerprint density at radius 2 is 2.20 bits per heavy atom. The monoisotopic (exact) mass is 240 g/mol. The lowest BCUT2D eigenvalue weighted by Gasteiger charge is -2.31. The number of thiol groups is 1. The molecular formula is C8H16O6S. The smallest absolute Gasteiger partial charge is 0.364 e. The molecule has 7 heteroatoms. The molecule has 1 aliphatic rings. The van der Waals surface area contributed by atoms with Crippen molar-refractivity contribution in [1.29, 1.82) is 0 Å². The third-order valence-corrected chi connectivity index (χ3v) is 1.99. The molecule has 3 atom stereocenters. The molecule has 0 amide bonds. The van der Waals surface area contributed by atoms with E-state index in [-0.39, 0.29) is 19.3 Å². The van der Waals surface area contributed by atoms with Crippen LogP contribution in [0.2, 0.25) is 0 Å². The van der Waals surface area contributed by atoms with Crippen molar-refractivity contribution in [2.24, 2.45) is 0 Å². The molecule has 1 rings (SSSR count). The number of aliphatic hydroxyl groups excluding tert-OH is 3. The molecule has 90 valence electrons. The van der Waals surface area contributed by atoms with Crippen LogP contribution >= 0.6 is 12.6 Å². The number of carbonyl (C=O) groups is 1. The molecule has 0 bridgehead atoms. The van der Waals surface area contributed by atoms with E-state index in [9.17, 15) is 9.90 Å². The maximum Gasteiger partial charge on any atom is 0.364 e. The highest BCUT2D eigenvalue weighted by Crippen LogP contribution is 2.18. The summed E-state index contributed by atoms with van der Waals surface area (Å²) >= 11 is 3.43. The Morgan fingerprint density at radius 3 is 2.67 bits per heavy atom. The van der Waals surface area contributed by atoms with Gasteiger partial charge < -0.3 is 24.8 Å². The molecule has 0 spiro atoms. The fraction of sp³-hybridized carbons (Fsp3) is 0.875. The number of carbonyl (C=O) groups excluding carboxylic acids is 1. The van der Waals surface area contributed by atoms with Crippen LogP contribution in [0.3, 0.4) is 0 Å². The van der Waals surface area contributed by atoms with Gasteiger partial charge in [0, 0.05) is 13.5 Å². The van der Waals surface area contributed by atoms with E-state index in [0.717, 1.165) is 7.11 Å². The molecule has 0 aliphatic carbocycles. The van der Waals surface area contributed by atoms with Crippen molar-refractivity contribution >= 4 is 17.9 Å². The van der Waals surface area contributed by atoms with E-state index in [2.05, 4.69) is 12.6 Å². The summed E-state index contributed by atoms with van der Waals surface area (Å²) in [5.41, 5.74) is 0. The normalized spacial score (nSPS) is 30.1. The van der Waals surface area contributed by atoms with Crippen molar-refractivity contribution in [1.82, 2.24) is 0 Å². The predicted molar refractivity (Wildman–Crippen MR) is 54.8 cm³/mol. The maximum atomic E-state index is 10.5. The van der Waals surface area contributed by atoms with Gasteiger partial charge in [-0.1, -0.05) is 12.6 Å². The Labute approximate surface area is 93.2 Å². The molecule has 0 radical (unpaired) electrons. The van der Waals surface area contributed by atoms with Gasteiger partial charge in [0.1, 0.15) is 12.2 Å². The minimum absolute atomic E-state index is 0.0664. The number of rotatable bonds is 2. The molecule has 0 aromatic rings. The van der Waals surface area contributed by atoms with Gasteiger partial charge in [-0.2, -0.15) is 0 Å². The minimum Gasteiger partial charge on any atom is -0.451 e. The number of ether oxygens (including phenoxy) is 2. The summed E-state index contributed by atoms with van der Waals surface area (Å²) in [6.45, 7) is -0.0791. The van der Waals surface area contributed by atoms with Gasteiger partial charge in [0.05, 0.1) is 19.3 Å². The van der Waals surface area contributed by atoms with Crippen LogP contribution in [0.15, 0.2) is 0 Å². The van der Waals surface area contributed by atoms with Gasteiger partial charge in [0.2, 0.25) is 0 Å². The first kappa shape index (κ1) is 14.7. The van der Waals surface area contributed by atoms with Gasteiger partial charge in [-0.15, -0.1) is 0 Å². The zero-order valence-electron chi connectivity index (χ0n) is 8.37. The van der Waals surface area contributed by atoms with Crippen LogP contribution in [0.4, 0.5) is 4.79 Å². The molecule has 15 heavy (non-hydrogen) atoms. The SMILES string of the molecule is CO.O=C(S)OC1CC(CO)OCC1O. The second-order valence-corrected chi connectivity index (χ2v) is 3.23. The molecule has 1 heterocycles. The van der Waals surface area contributed by atoms with Crippen molar-refractivity contribution in [3.63, 3.8) is 0 Å². The van der Waals surface area contributed by atoms with Crippen LogP contribution < -0.4 is 0 Å². The molecule has 3 N–H and O–H groups in total. The van der Waals surface area contributed by atoms with Crippen LogP contribution in [0.5, 0.6) is 0 Å². The number of aliphatic hydroxyl groups is 3. The van der Waals surface area contributed by atoms with Crippen LogP contribution in [0.25, 0.3) is 0 Å². The van der Waals surface area contributed by atoms with Crippen molar-refractivity contribution < 1.29 is 29.6 Å². The zero-order valence-corrected chi connectivity index (χ0v) is 9.26. The molecule has 0 saturated carbocycles. The molecule has 6 nitrogen and oxygen atoms in total. The zero-order chi connectivity index (χ0) is 11.8. The summed E-state index contributed by atoms with van der Waals surface area (Å²) in [4.78, 5) is 10.5. The second-order valence-electron chi connectivity index (χ2n) is 2.86. The Kier molecular flexibility index (Phi) is 7.71. The Balaban J connectivity index is 0.000000921. The van der Waals surface area contributed by atoms with Crippen LogP contribution in [-0.4, -0.2) is 59.3 Å². The first-order valence-corrected chi connectivity index (χ1v) is 4.83. The topological polar surface area (TPSA) is 96.2 Å². The standard InChI is InChI=1S/C7H12O5S.CH4O/c8-2-4-1-6(12-7(10)13)5(9)3-11-4;1-2/h4-6,8-9H,1-3H2,(H,10,13);2H,1H3. The second kappa shape index (κ2) is 7.89. The van der Waals surface area contributed by atoms with Crippen molar-refractivity contribution in [2.45, 2.75) is 24.7 Å². The van der Waals surface area contributed by atoms with Gasteiger partial charge >= 0.3 is 5.30 Å². The van der Waals surface area contributed by atoms with Crippen LogP contribution in [0.1, 0.15) is 6.42 Å². The first-order valence-electron chi connectivity index (χ1n) is 4.38. The predicted octanol–water partition coefficient (Wildman–Crippen LogP) is -0.828. The van der Waals surface area contributed by atoms with Crippen molar-refractivity contribution in [3.8, 4) is 0 Å². The van der Waals surface area contributed by atoms with E-state index >= 15 is 0 Å². The molecule has 1 fully saturated rings. The molecule has 0 aromatic heterocycles. The lowest BCUT2D eigenvalue weighted by atomic mass is 10.0. The van der Waals surface area contributed by atoms with E-state index in [1.165, 1.54) is 0 Å². The maximum absolute atomic E-state index is 10.5. The summed E-state index contributed by atoms with van der Waals surface area (Å²) in [5.74, 6) is 0. The number of hydrogen-bond acceptors (Lipinski definition) is 6. The number of hydrogen-bond donors (Lipinski definition) is 4. The molecule has 3 unspecified atom stereocenters. The van der Waals surface area contributed by atoms with Crippen LogP contribution in [0, 0.1) is 0 Å². The van der Waals surface area contributed by atoms with E-state index in [1.54, 1.807) is 0 Å². The average Bonchev–Trinajstić information content (AvgIpc) is 2.23. The summed E-state index contributed by atoms with van der Waals surface area (Å²) < 4.78 is 9.75. The quantitative estimate of drug-likeness (QED) is 0.372. The van der Waals surface area contributed by atoms with Gasteiger partial charge in [-0.3, -0.25) is 0 Å². The van der Waals surface area contributed by atoms with E-state index in [0.29, 0.717) is 6.42 Å². The lowest BCUT2D eigenvalue weighted by molar-refractivity contribution is -0.129. The van der Waals surface area contributed by atoms with Gasteiger partial charge in [0.25, 0.3) is 0 Å². The Morgan fingerprint density at radius 1 is 1.60 bits per heavy atom. The van der Waals surface area contributed by atoms with E-state index in [4.69, 9.17) is 19.7 Å². The summed E-state index contributed by atoms with van der Waals surface area (Å²) in [6.07, 6.45) is -1.54. The Hall–Kier alpha value is -0.340. The highest BCUT2D eigenvalue weighted by atomic mass is 32.1. The summed E-state index contributed by atoms with van der Waals surface area (Å²) in [6, 6.07) is 0. The minimum atomic E-state index is -0.834. The van der Waals surface area contributed by atoms with Crippen molar-refractivity contribution in [3.05, 3.63) is 0 Å².